The van der Waals surface area contributed by atoms with Gasteiger partial charge in [0.25, 0.3) is 11.8 Å². The van der Waals surface area contributed by atoms with E-state index in [2.05, 4.69) is 10.6 Å². The molecule has 3 aromatic rings. The van der Waals surface area contributed by atoms with E-state index in [4.69, 9.17) is 9.15 Å². The van der Waals surface area contributed by atoms with Crippen molar-refractivity contribution in [3.63, 3.8) is 0 Å². The number of nitrogens with zero attached hydrogens (tertiary/aromatic N) is 1. The fraction of sp³-hybridized carbons (Fsp3) is 0.208. The first kappa shape index (κ1) is 22.6. The Labute approximate surface area is 186 Å². The van der Waals surface area contributed by atoms with E-state index in [0.717, 1.165) is 5.56 Å². The highest BCUT2D eigenvalue weighted by atomic mass is 16.5. The highest BCUT2D eigenvalue weighted by Gasteiger charge is 2.18. The third-order valence-electron chi connectivity index (χ3n) is 4.68. The van der Waals surface area contributed by atoms with E-state index in [1.165, 1.54) is 0 Å². The molecule has 3 rings (SSSR count). The van der Waals surface area contributed by atoms with Crippen LogP contribution >= 0.6 is 0 Å². The van der Waals surface area contributed by atoms with Gasteiger partial charge in [0.2, 0.25) is 0 Å². The summed E-state index contributed by atoms with van der Waals surface area (Å²) in [6, 6.07) is 17.2. The molecule has 0 atom stereocenters. The molecule has 8 heteroatoms. The lowest BCUT2D eigenvalue weighted by atomic mass is 10.1. The van der Waals surface area contributed by atoms with Crippen molar-refractivity contribution in [3.05, 3.63) is 89.4 Å². The first-order chi connectivity index (χ1) is 15.5. The minimum absolute atomic E-state index is 0.170. The zero-order valence-corrected chi connectivity index (χ0v) is 18.0. The molecule has 3 amide bonds. The lowest BCUT2D eigenvalue weighted by Gasteiger charge is -2.22. The monoisotopic (exact) mass is 435 g/mol. The molecule has 0 aliphatic carbocycles. The molecule has 1 heterocycles. The van der Waals surface area contributed by atoms with Crippen LogP contribution in [0.2, 0.25) is 0 Å². The first-order valence-electron chi connectivity index (χ1n) is 10.2. The molecule has 32 heavy (non-hydrogen) atoms. The van der Waals surface area contributed by atoms with Crippen molar-refractivity contribution < 1.29 is 23.5 Å². The Kier molecular flexibility index (Phi) is 7.64. The molecule has 0 bridgehead atoms. The van der Waals surface area contributed by atoms with Gasteiger partial charge >= 0.3 is 6.09 Å². The maximum absolute atomic E-state index is 13.2. The van der Waals surface area contributed by atoms with E-state index in [-0.39, 0.29) is 25.0 Å². The van der Waals surface area contributed by atoms with E-state index in [9.17, 15) is 14.4 Å². The van der Waals surface area contributed by atoms with Crippen molar-refractivity contribution in [2.24, 2.45) is 0 Å². The number of anilines is 1. The minimum Gasteiger partial charge on any atom is -0.467 e. The van der Waals surface area contributed by atoms with Crippen LogP contribution in [0.5, 0.6) is 0 Å². The molecule has 2 aromatic carbocycles. The second kappa shape index (κ2) is 10.8. The maximum Gasteiger partial charge on any atom is 0.411 e. The highest BCUT2D eigenvalue weighted by Crippen LogP contribution is 2.17. The molecule has 0 unspecified atom stereocenters. The van der Waals surface area contributed by atoms with Crippen LogP contribution in [0.25, 0.3) is 0 Å². The fourth-order valence-corrected chi connectivity index (χ4v) is 3.08. The van der Waals surface area contributed by atoms with E-state index >= 15 is 0 Å². The number of benzene rings is 2. The lowest BCUT2D eigenvalue weighted by Crippen LogP contribution is -2.30. The number of nitrogens with one attached hydrogen (secondary N) is 2. The van der Waals surface area contributed by atoms with Crippen LogP contribution in [0, 0.1) is 0 Å². The molecule has 0 radical (unpaired) electrons. The van der Waals surface area contributed by atoms with Crippen LogP contribution in [-0.4, -0.2) is 36.5 Å². The van der Waals surface area contributed by atoms with Gasteiger partial charge in [-0.25, -0.2) is 4.79 Å². The molecule has 0 saturated heterocycles. The van der Waals surface area contributed by atoms with Crippen molar-refractivity contribution in [2.75, 3.05) is 19.0 Å². The van der Waals surface area contributed by atoms with Gasteiger partial charge in [-0.05, 0) is 61.0 Å². The smallest absolute Gasteiger partial charge is 0.411 e. The molecular formula is C24H25N3O5. The van der Waals surface area contributed by atoms with Crippen molar-refractivity contribution in [1.82, 2.24) is 10.2 Å². The average molecular weight is 435 g/mol. The van der Waals surface area contributed by atoms with Crippen molar-refractivity contribution in [1.29, 1.82) is 0 Å². The predicted octanol–water partition coefficient (Wildman–Crippen LogP) is 4.05. The van der Waals surface area contributed by atoms with Gasteiger partial charge in [-0.3, -0.25) is 14.9 Å². The summed E-state index contributed by atoms with van der Waals surface area (Å²) < 4.78 is 10.3. The van der Waals surface area contributed by atoms with Crippen molar-refractivity contribution in [2.45, 2.75) is 20.0 Å². The van der Waals surface area contributed by atoms with Crippen LogP contribution in [0.4, 0.5) is 10.5 Å². The number of amides is 3. The lowest BCUT2D eigenvalue weighted by molar-refractivity contribution is 0.0717. The van der Waals surface area contributed by atoms with Crippen LogP contribution in [0.15, 0.2) is 71.3 Å². The Morgan fingerprint density at radius 3 is 2.22 bits per heavy atom. The molecule has 2 N–H and O–H groups in total. The first-order valence-corrected chi connectivity index (χ1v) is 10.2. The second-order valence-electron chi connectivity index (χ2n) is 6.94. The molecular weight excluding hydrogens is 410 g/mol. The quantitative estimate of drug-likeness (QED) is 0.556. The number of rotatable bonds is 8. The maximum atomic E-state index is 13.2. The van der Waals surface area contributed by atoms with Crippen LogP contribution in [0.3, 0.4) is 0 Å². The molecule has 0 aliphatic rings. The molecule has 0 fully saturated rings. The van der Waals surface area contributed by atoms with Gasteiger partial charge in [0.05, 0.1) is 19.4 Å². The molecule has 1 aromatic heterocycles. The van der Waals surface area contributed by atoms with Gasteiger partial charge < -0.3 is 19.4 Å². The SMILES string of the molecule is CCOC(=O)Nc1ccc(C(=O)N(Cc2ccc(C(=O)NC)cc2)Cc2ccco2)cc1. The standard InChI is InChI=1S/C24H25N3O5/c1-3-31-24(30)26-20-12-10-19(11-13-20)23(29)27(16-21-5-4-14-32-21)15-17-6-8-18(9-7-17)22(28)25-2/h4-14H,3,15-16H2,1-2H3,(H,25,28)(H,26,30). The summed E-state index contributed by atoms with van der Waals surface area (Å²) in [7, 11) is 1.58. The van der Waals surface area contributed by atoms with Gasteiger partial charge in [-0.2, -0.15) is 0 Å². The highest BCUT2D eigenvalue weighted by molar-refractivity contribution is 5.95. The van der Waals surface area contributed by atoms with E-state index in [1.54, 1.807) is 73.7 Å². The van der Waals surface area contributed by atoms with E-state index in [1.807, 2.05) is 12.1 Å². The van der Waals surface area contributed by atoms with Crippen molar-refractivity contribution >= 4 is 23.6 Å². The molecule has 0 spiro atoms. The Morgan fingerprint density at radius 2 is 1.62 bits per heavy atom. The third kappa shape index (κ3) is 5.98. The Hall–Kier alpha value is -4.07. The van der Waals surface area contributed by atoms with Gasteiger partial charge in [0, 0.05) is 30.4 Å². The molecule has 8 nitrogen and oxygen atoms in total. The number of ether oxygens (including phenoxy) is 1. The summed E-state index contributed by atoms with van der Waals surface area (Å²) in [4.78, 5) is 38.2. The zero-order chi connectivity index (χ0) is 22.9. The summed E-state index contributed by atoms with van der Waals surface area (Å²) in [5.41, 5.74) is 2.42. The number of hydrogen-bond acceptors (Lipinski definition) is 5. The Morgan fingerprint density at radius 1 is 0.938 bits per heavy atom. The van der Waals surface area contributed by atoms with Gasteiger partial charge in [0.15, 0.2) is 0 Å². The summed E-state index contributed by atoms with van der Waals surface area (Å²) in [5.74, 6) is 0.289. The van der Waals surface area contributed by atoms with Crippen LogP contribution in [0.1, 0.15) is 39.0 Å². The number of carbonyl (C=O) groups excluding carboxylic acids is 3. The summed E-state index contributed by atoms with van der Waals surface area (Å²) in [6.07, 6.45) is 1.01. The Balaban J connectivity index is 1.76. The van der Waals surface area contributed by atoms with E-state index in [0.29, 0.717) is 29.1 Å². The predicted molar refractivity (Wildman–Crippen MR) is 119 cm³/mol. The number of hydrogen-bond donors (Lipinski definition) is 2. The third-order valence-corrected chi connectivity index (χ3v) is 4.68. The van der Waals surface area contributed by atoms with Gasteiger partial charge in [-0.1, -0.05) is 12.1 Å². The average Bonchev–Trinajstić information content (AvgIpc) is 3.32. The second-order valence-corrected chi connectivity index (χ2v) is 6.94. The molecule has 166 valence electrons. The Bertz CT molecular complexity index is 1040. The largest absolute Gasteiger partial charge is 0.467 e. The zero-order valence-electron chi connectivity index (χ0n) is 18.0. The van der Waals surface area contributed by atoms with Crippen LogP contribution < -0.4 is 10.6 Å². The van der Waals surface area contributed by atoms with Crippen LogP contribution in [-0.2, 0) is 17.8 Å². The summed E-state index contributed by atoms with van der Waals surface area (Å²) in [5, 5.41) is 5.18. The molecule has 0 aliphatic heterocycles. The summed E-state index contributed by atoms with van der Waals surface area (Å²) >= 11 is 0. The van der Waals surface area contributed by atoms with E-state index < -0.39 is 6.09 Å². The number of carbonyl (C=O) groups is 3. The minimum atomic E-state index is -0.550. The van der Waals surface area contributed by atoms with Gasteiger partial charge in [0.1, 0.15) is 5.76 Å². The fourth-order valence-electron chi connectivity index (χ4n) is 3.08. The molecule has 0 saturated carbocycles. The topological polar surface area (TPSA) is 101 Å². The number of furan rings is 1. The van der Waals surface area contributed by atoms with Crippen molar-refractivity contribution in [3.8, 4) is 0 Å². The normalized spacial score (nSPS) is 10.3. The van der Waals surface area contributed by atoms with Gasteiger partial charge in [-0.15, -0.1) is 0 Å². The summed E-state index contributed by atoms with van der Waals surface area (Å²) in [6.45, 7) is 2.61.